The van der Waals surface area contributed by atoms with Gasteiger partial charge >= 0.3 is 0 Å². The van der Waals surface area contributed by atoms with Gasteiger partial charge in [-0.05, 0) is 23.4 Å². The molecule has 144 valence electrons. The number of nitrogens with zero attached hydrogens (tertiary/aromatic N) is 3. The Bertz CT molecular complexity index is 926. The number of carbonyl (C=O) groups excluding carboxylic acids is 1. The Labute approximate surface area is 173 Å². The Morgan fingerprint density at radius 2 is 1.96 bits per heavy atom. The summed E-state index contributed by atoms with van der Waals surface area (Å²) in [7, 11) is 0. The van der Waals surface area contributed by atoms with Crippen LogP contribution < -0.4 is 0 Å². The molecule has 1 spiro atoms. The normalized spacial score (nSPS) is 25.2. The molecule has 3 aromatic rings. The quantitative estimate of drug-likeness (QED) is 0.633. The third-order valence-electron chi connectivity index (χ3n) is 6.08. The molecule has 2 fully saturated rings. The van der Waals surface area contributed by atoms with E-state index >= 15 is 0 Å². The van der Waals surface area contributed by atoms with Gasteiger partial charge in [0.15, 0.2) is 0 Å². The van der Waals surface area contributed by atoms with Crippen molar-refractivity contribution in [3.8, 4) is 0 Å². The molecule has 2 aromatic heterocycles. The number of likely N-dealkylation sites (tertiary alicyclic amines) is 2. The van der Waals surface area contributed by atoms with Crippen LogP contribution >= 0.6 is 22.7 Å². The predicted molar refractivity (Wildman–Crippen MR) is 113 cm³/mol. The minimum atomic E-state index is -0.329. The second-order valence-electron chi connectivity index (χ2n) is 7.79. The van der Waals surface area contributed by atoms with Crippen LogP contribution in [0.4, 0.5) is 0 Å². The van der Waals surface area contributed by atoms with E-state index in [1.165, 1.54) is 10.4 Å². The lowest BCUT2D eigenvalue weighted by atomic mass is 9.77. The molecule has 0 aliphatic carbocycles. The highest BCUT2D eigenvalue weighted by atomic mass is 32.1. The van der Waals surface area contributed by atoms with Crippen LogP contribution in [0, 0.1) is 5.41 Å². The SMILES string of the molecule is O=C1N(Cc2cccs2)CCC12CN(Cc1ccccc1)CC2c1nccs1. The summed E-state index contributed by atoms with van der Waals surface area (Å²) < 4.78 is 0. The molecule has 4 heterocycles. The van der Waals surface area contributed by atoms with Crippen LogP contribution in [0.25, 0.3) is 0 Å². The van der Waals surface area contributed by atoms with E-state index in [4.69, 9.17) is 0 Å². The summed E-state index contributed by atoms with van der Waals surface area (Å²) in [5.41, 5.74) is 0.975. The number of thiazole rings is 1. The molecule has 0 radical (unpaired) electrons. The molecule has 2 saturated heterocycles. The Balaban J connectivity index is 1.41. The fourth-order valence-electron chi connectivity index (χ4n) is 4.76. The molecule has 4 nitrogen and oxygen atoms in total. The maximum Gasteiger partial charge on any atom is 0.231 e. The van der Waals surface area contributed by atoms with Gasteiger partial charge in [-0.3, -0.25) is 9.69 Å². The zero-order chi connectivity index (χ0) is 19.0. The van der Waals surface area contributed by atoms with Crippen molar-refractivity contribution in [2.45, 2.75) is 25.4 Å². The molecule has 6 heteroatoms. The summed E-state index contributed by atoms with van der Waals surface area (Å²) in [6.45, 7) is 4.20. The first-order valence-corrected chi connectivity index (χ1v) is 11.5. The van der Waals surface area contributed by atoms with Crippen LogP contribution in [-0.2, 0) is 17.9 Å². The molecule has 0 saturated carbocycles. The highest BCUT2D eigenvalue weighted by Crippen LogP contribution is 2.50. The van der Waals surface area contributed by atoms with Crippen molar-refractivity contribution in [2.75, 3.05) is 19.6 Å². The van der Waals surface area contributed by atoms with Gasteiger partial charge in [-0.1, -0.05) is 36.4 Å². The van der Waals surface area contributed by atoms with Crippen LogP contribution in [0.2, 0.25) is 0 Å². The Morgan fingerprint density at radius 1 is 1.07 bits per heavy atom. The van der Waals surface area contributed by atoms with Crippen molar-refractivity contribution in [2.24, 2.45) is 5.41 Å². The number of aromatic nitrogens is 1. The van der Waals surface area contributed by atoms with Gasteiger partial charge in [-0.2, -0.15) is 0 Å². The van der Waals surface area contributed by atoms with Crippen LogP contribution in [0.3, 0.4) is 0 Å². The third-order valence-corrected chi connectivity index (χ3v) is 7.83. The van der Waals surface area contributed by atoms with Gasteiger partial charge in [0, 0.05) is 48.6 Å². The van der Waals surface area contributed by atoms with Gasteiger partial charge in [-0.25, -0.2) is 4.98 Å². The molecule has 5 rings (SSSR count). The molecule has 2 aliphatic heterocycles. The van der Waals surface area contributed by atoms with Crippen molar-refractivity contribution in [3.05, 3.63) is 74.9 Å². The lowest BCUT2D eigenvalue weighted by Gasteiger charge is -2.27. The molecule has 0 N–H and O–H groups in total. The standard InChI is InChI=1S/C22H23N3OS2/c26-21-22(8-10-25(21)14-18-7-4-11-27-18)16-24(13-17-5-2-1-3-6-17)15-19(22)20-23-9-12-28-20/h1-7,9,11-12,19H,8,10,13-16H2. The number of carbonyl (C=O) groups is 1. The van der Waals surface area contributed by atoms with E-state index in [1.807, 2.05) is 11.6 Å². The lowest BCUT2D eigenvalue weighted by molar-refractivity contribution is -0.136. The van der Waals surface area contributed by atoms with E-state index in [2.05, 4.69) is 62.6 Å². The van der Waals surface area contributed by atoms with E-state index in [-0.39, 0.29) is 11.3 Å². The summed E-state index contributed by atoms with van der Waals surface area (Å²) in [4.78, 5) is 24.0. The van der Waals surface area contributed by atoms with Gasteiger partial charge in [-0.15, -0.1) is 22.7 Å². The minimum absolute atomic E-state index is 0.192. The van der Waals surface area contributed by atoms with Crippen molar-refractivity contribution in [1.29, 1.82) is 0 Å². The smallest absolute Gasteiger partial charge is 0.231 e. The van der Waals surface area contributed by atoms with Crippen LogP contribution in [0.1, 0.15) is 27.8 Å². The molecular weight excluding hydrogens is 386 g/mol. The van der Waals surface area contributed by atoms with Crippen LogP contribution in [0.15, 0.2) is 59.4 Å². The number of thiophene rings is 1. The van der Waals surface area contributed by atoms with Crippen molar-refractivity contribution < 1.29 is 4.79 Å². The van der Waals surface area contributed by atoms with Gasteiger partial charge < -0.3 is 4.90 Å². The molecular formula is C22H23N3OS2. The van der Waals surface area contributed by atoms with Gasteiger partial charge in [0.2, 0.25) is 5.91 Å². The molecule has 28 heavy (non-hydrogen) atoms. The number of rotatable bonds is 5. The zero-order valence-corrected chi connectivity index (χ0v) is 17.3. The number of hydrogen-bond acceptors (Lipinski definition) is 5. The van der Waals surface area contributed by atoms with Gasteiger partial charge in [0.05, 0.1) is 17.0 Å². The summed E-state index contributed by atoms with van der Waals surface area (Å²) in [5.74, 6) is 0.508. The average Bonchev–Trinajstić information content (AvgIpc) is 3.49. The van der Waals surface area contributed by atoms with Crippen LogP contribution in [-0.4, -0.2) is 40.3 Å². The van der Waals surface area contributed by atoms with Crippen LogP contribution in [0.5, 0.6) is 0 Å². The lowest BCUT2D eigenvalue weighted by Crippen LogP contribution is -2.39. The fourth-order valence-corrected chi connectivity index (χ4v) is 6.33. The summed E-state index contributed by atoms with van der Waals surface area (Å²) in [6, 6.07) is 14.7. The van der Waals surface area contributed by atoms with Gasteiger partial charge in [0.25, 0.3) is 0 Å². The number of amides is 1. The maximum absolute atomic E-state index is 13.6. The monoisotopic (exact) mass is 409 g/mol. The second-order valence-corrected chi connectivity index (χ2v) is 9.75. The third kappa shape index (κ3) is 3.19. The highest BCUT2D eigenvalue weighted by Gasteiger charge is 2.57. The van der Waals surface area contributed by atoms with E-state index in [1.54, 1.807) is 22.7 Å². The Hall–Kier alpha value is -2.02. The van der Waals surface area contributed by atoms with E-state index in [0.29, 0.717) is 5.91 Å². The molecule has 2 unspecified atom stereocenters. The summed E-state index contributed by atoms with van der Waals surface area (Å²) in [6.07, 6.45) is 2.79. The molecule has 0 bridgehead atoms. The van der Waals surface area contributed by atoms with Crippen molar-refractivity contribution in [1.82, 2.24) is 14.8 Å². The van der Waals surface area contributed by atoms with E-state index in [0.717, 1.165) is 44.2 Å². The fraction of sp³-hybridized carbons (Fsp3) is 0.364. The highest BCUT2D eigenvalue weighted by molar-refractivity contribution is 7.10. The number of benzene rings is 1. The molecule has 2 aliphatic rings. The predicted octanol–water partition coefficient (Wildman–Crippen LogP) is 4.22. The topological polar surface area (TPSA) is 36.4 Å². The first kappa shape index (κ1) is 18.0. The van der Waals surface area contributed by atoms with Crippen molar-refractivity contribution >= 4 is 28.6 Å². The van der Waals surface area contributed by atoms with Gasteiger partial charge in [0.1, 0.15) is 0 Å². The number of hydrogen-bond donors (Lipinski definition) is 0. The second kappa shape index (κ2) is 7.43. The minimum Gasteiger partial charge on any atom is -0.337 e. The molecule has 1 aromatic carbocycles. The average molecular weight is 410 g/mol. The largest absolute Gasteiger partial charge is 0.337 e. The zero-order valence-electron chi connectivity index (χ0n) is 15.7. The molecule has 2 atom stereocenters. The first-order valence-electron chi connectivity index (χ1n) is 9.72. The van der Waals surface area contributed by atoms with E-state index in [9.17, 15) is 4.79 Å². The molecule has 1 amide bonds. The maximum atomic E-state index is 13.6. The first-order chi connectivity index (χ1) is 13.7. The Morgan fingerprint density at radius 3 is 2.71 bits per heavy atom. The van der Waals surface area contributed by atoms with E-state index < -0.39 is 0 Å². The van der Waals surface area contributed by atoms with Crippen molar-refractivity contribution in [3.63, 3.8) is 0 Å². The summed E-state index contributed by atoms with van der Waals surface area (Å²) >= 11 is 3.42. The summed E-state index contributed by atoms with van der Waals surface area (Å²) in [5, 5.41) is 5.23. The Kier molecular flexibility index (Phi) is 4.78.